The second kappa shape index (κ2) is 7.93. The Labute approximate surface area is 105 Å². The van der Waals surface area contributed by atoms with Gasteiger partial charge in [0.15, 0.2) is 0 Å². The Balaban J connectivity index is 0. The van der Waals surface area contributed by atoms with E-state index >= 15 is 0 Å². The fourth-order valence-corrected chi connectivity index (χ4v) is 1.62. The second-order valence-corrected chi connectivity index (χ2v) is 4.24. The molecule has 0 aromatic heterocycles. The van der Waals surface area contributed by atoms with Crippen molar-refractivity contribution in [2.45, 2.75) is 13.3 Å². The van der Waals surface area contributed by atoms with Crippen LogP contribution in [0, 0.1) is 0 Å². The molecule has 0 aliphatic rings. The fourth-order valence-electron chi connectivity index (χ4n) is 0.507. The molecule has 8 heteroatoms. The summed E-state index contributed by atoms with van der Waals surface area (Å²) >= 11 is 0.980. The van der Waals surface area contributed by atoms with Crippen LogP contribution in [0.4, 0.5) is 4.79 Å². The number of carbonyl (C=O) groups excluding carboxylic acids is 1. The predicted molar refractivity (Wildman–Crippen MR) is 54.4 cm³/mol. The van der Waals surface area contributed by atoms with E-state index in [1.165, 1.54) is 0 Å². The number of nitrogens with one attached hydrogen (secondary N) is 1. The average molecular weight is 237 g/mol. The summed E-state index contributed by atoms with van der Waals surface area (Å²) < 4.78 is 27.9. The van der Waals surface area contributed by atoms with E-state index in [9.17, 15) is 13.2 Å². The molecule has 0 aromatic carbocycles. The molecule has 0 rings (SSSR count). The van der Waals surface area contributed by atoms with Crippen molar-refractivity contribution in [2.24, 2.45) is 0 Å². The first-order chi connectivity index (χ1) is 5.52. The molecule has 0 fully saturated rings. The topological polar surface area (TPSA) is 72.5 Å². The minimum atomic E-state index is -3.68. The maximum atomic E-state index is 10.8. The third-order valence-corrected chi connectivity index (χ3v) is 2.53. The van der Waals surface area contributed by atoms with E-state index in [0.717, 1.165) is 11.9 Å². The molecule has 0 heterocycles. The van der Waals surface area contributed by atoms with Gasteiger partial charge in [0.05, 0.1) is 5.75 Å². The van der Waals surface area contributed by atoms with Gasteiger partial charge < -0.3 is 4.18 Å². The SMILES string of the molecule is CCCS(=O)(=O)OC(=O)NSC.[NaH]. The van der Waals surface area contributed by atoms with Crippen LogP contribution < -0.4 is 4.72 Å². The van der Waals surface area contributed by atoms with Crippen LogP contribution in [0.25, 0.3) is 0 Å². The predicted octanol–water partition coefficient (Wildman–Crippen LogP) is 0.0819. The van der Waals surface area contributed by atoms with Crippen LogP contribution in [0.5, 0.6) is 0 Å². The number of amides is 1. The van der Waals surface area contributed by atoms with Crippen molar-refractivity contribution in [3.05, 3.63) is 0 Å². The first-order valence-electron chi connectivity index (χ1n) is 3.27. The molecule has 0 bridgehead atoms. The second-order valence-electron chi connectivity index (χ2n) is 1.94. The van der Waals surface area contributed by atoms with E-state index < -0.39 is 16.2 Å². The van der Waals surface area contributed by atoms with Gasteiger partial charge >= 0.3 is 45.8 Å². The standard InChI is InChI=1S/C5H11NO4S2.Na.H/c1-3-4-12(8,9)10-5(7)6-11-2;;/h3-4H2,1-2H3,(H,6,7);;. The van der Waals surface area contributed by atoms with Crippen molar-refractivity contribution in [3.8, 4) is 0 Å². The molecular formula is C5H12NNaO4S2. The van der Waals surface area contributed by atoms with Gasteiger partial charge in [0.25, 0.3) is 0 Å². The Hall–Kier alpha value is 0.570. The van der Waals surface area contributed by atoms with Crippen LogP contribution in [0.2, 0.25) is 0 Å². The van der Waals surface area contributed by atoms with Crippen LogP contribution in [-0.2, 0) is 14.3 Å². The first-order valence-corrected chi connectivity index (χ1v) is 6.07. The first kappa shape index (κ1) is 16.0. The van der Waals surface area contributed by atoms with E-state index in [2.05, 4.69) is 8.91 Å². The Morgan fingerprint density at radius 3 is 2.46 bits per heavy atom. The Bertz CT molecular complexity index is 241. The van der Waals surface area contributed by atoms with Gasteiger partial charge in [-0.3, -0.25) is 4.72 Å². The third-order valence-electron chi connectivity index (χ3n) is 0.842. The summed E-state index contributed by atoms with van der Waals surface area (Å²) in [7, 11) is -3.68. The van der Waals surface area contributed by atoms with Gasteiger partial charge in [-0.25, -0.2) is 4.79 Å². The summed E-state index contributed by atoms with van der Waals surface area (Å²) in [4.78, 5) is 10.6. The summed E-state index contributed by atoms with van der Waals surface area (Å²) in [6, 6.07) is 0. The number of rotatable bonds is 4. The quantitative estimate of drug-likeness (QED) is 0.426. The van der Waals surface area contributed by atoms with E-state index in [0.29, 0.717) is 6.42 Å². The number of hydrogen-bond acceptors (Lipinski definition) is 5. The molecule has 0 unspecified atom stereocenters. The van der Waals surface area contributed by atoms with Crippen molar-refractivity contribution < 1.29 is 17.4 Å². The molecular weight excluding hydrogens is 225 g/mol. The molecule has 0 saturated carbocycles. The van der Waals surface area contributed by atoms with Crippen molar-refractivity contribution in [1.29, 1.82) is 0 Å². The van der Waals surface area contributed by atoms with Gasteiger partial charge in [-0.1, -0.05) is 18.9 Å². The van der Waals surface area contributed by atoms with Crippen LogP contribution in [0.15, 0.2) is 0 Å². The van der Waals surface area contributed by atoms with E-state index in [4.69, 9.17) is 0 Å². The Morgan fingerprint density at radius 1 is 1.54 bits per heavy atom. The van der Waals surface area contributed by atoms with E-state index in [1.807, 2.05) is 0 Å². The molecule has 1 amide bonds. The molecule has 1 N–H and O–H groups in total. The van der Waals surface area contributed by atoms with E-state index in [-0.39, 0.29) is 35.3 Å². The molecule has 0 radical (unpaired) electrons. The van der Waals surface area contributed by atoms with E-state index in [1.54, 1.807) is 13.2 Å². The van der Waals surface area contributed by atoms with Crippen LogP contribution in [0.3, 0.4) is 0 Å². The summed E-state index contributed by atoms with van der Waals surface area (Å²) in [6.45, 7) is 1.69. The Kier molecular flexibility index (Phi) is 9.77. The summed E-state index contributed by atoms with van der Waals surface area (Å²) in [5.41, 5.74) is 0. The van der Waals surface area contributed by atoms with Gasteiger partial charge in [0.1, 0.15) is 0 Å². The molecule has 0 atom stereocenters. The molecule has 0 saturated heterocycles. The molecule has 0 aromatic rings. The zero-order valence-electron chi connectivity index (χ0n) is 6.86. The van der Waals surface area contributed by atoms with Gasteiger partial charge in [-0.15, -0.1) is 0 Å². The molecule has 5 nitrogen and oxygen atoms in total. The van der Waals surface area contributed by atoms with Crippen LogP contribution >= 0.6 is 11.9 Å². The maximum absolute atomic E-state index is 10.8. The monoisotopic (exact) mass is 237 g/mol. The van der Waals surface area contributed by atoms with Crippen LogP contribution in [-0.4, -0.2) is 56.1 Å². The molecule has 74 valence electrons. The van der Waals surface area contributed by atoms with Gasteiger partial charge in [0, 0.05) is 6.26 Å². The molecule has 13 heavy (non-hydrogen) atoms. The number of hydrogen-bond donors (Lipinski definition) is 1. The van der Waals surface area contributed by atoms with Gasteiger partial charge in [0.2, 0.25) is 0 Å². The zero-order chi connectivity index (χ0) is 9.61. The zero-order valence-corrected chi connectivity index (χ0v) is 8.50. The van der Waals surface area contributed by atoms with Gasteiger partial charge in [-0.05, 0) is 6.42 Å². The fraction of sp³-hybridized carbons (Fsp3) is 0.800. The molecule has 0 aliphatic heterocycles. The van der Waals surface area contributed by atoms with Crippen LogP contribution in [0.1, 0.15) is 13.3 Å². The normalized spacial score (nSPS) is 10.0. The van der Waals surface area contributed by atoms with Crippen molar-refractivity contribution in [2.75, 3.05) is 12.0 Å². The summed E-state index contributed by atoms with van der Waals surface area (Å²) in [6.07, 6.45) is 1.07. The number of carbonyl (C=O) groups is 1. The minimum absolute atomic E-state index is 0. The van der Waals surface area contributed by atoms with Crippen molar-refractivity contribution in [1.82, 2.24) is 4.72 Å². The van der Waals surface area contributed by atoms with Crippen molar-refractivity contribution in [3.63, 3.8) is 0 Å². The summed E-state index contributed by atoms with van der Waals surface area (Å²) in [5.74, 6) is -0.144. The molecule has 0 aliphatic carbocycles. The summed E-state index contributed by atoms with van der Waals surface area (Å²) in [5, 5.41) is 0. The van der Waals surface area contributed by atoms with Gasteiger partial charge in [-0.2, -0.15) is 8.42 Å². The Morgan fingerprint density at radius 2 is 2.08 bits per heavy atom. The third kappa shape index (κ3) is 8.89. The molecule has 0 spiro atoms. The average Bonchev–Trinajstić information content (AvgIpc) is 1.85. The van der Waals surface area contributed by atoms with Crippen molar-refractivity contribution >= 4 is 57.7 Å².